The SMILES string of the molecule is CCc1ccc(-c2ccc(O)cc2)s1. The molecule has 1 nitrogen and oxygen atoms in total. The molecule has 2 heteroatoms. The summed E-state index contributed by atoms with van der Waals surface area (Å²) in [4.78, 5) is 2.66. The van der Waals surface area contributed by atoms with E-state index < -0.39 is 0 Å². The third kappa shape index (κ3) is 1.80. The average molecular weight is 204 g/mol. The van der Waals surface area contributed by atoms with Gasteiger partial charge in [0.15, 0.2) is 0 Å². The average Bonchev–Trinajstić information content (AvgIpc) is 2.67. The van der Waals surface area contributed by atoms with Crippen LogP contribution in [0.15, 0.2) is 36.4 Å². The number of rotatable bonds is 2. The van der Waals surface area contributed by atoms with Gasteiger partial charge in [-0.15, -0.1) is 11.3 Å². The molecule has 0 saturated heterocycles. The van der Waals surface area contributed by atoms with Crippen LogP contribution < -0.4 is 0 Å². The minimum absolute atomic E-state index is 0.320. The molecule has 0 aliphatic carbocycles. The van der Waals surface area contributed by atoms with Gasteiger partial charge in [-0.25, -0.2) is 0 Å². The van der Waals surface area contributed by atoms with Gasteiger partial charge in [-0.1, -0.05) is 6.92 Å². The van der Waals surface area contributed by atoms with Crippen molar-refractivity contribution < 1.29 is 5.11 Å². The second-order valence-electron chi connectivity index (χ2n) is 3.17. The number of aromatic hydroxyl groups is 1. The number of thiophene rings is 1. The summed E-state index contributed by atoms with van der Waals surface area (Å²) in [6, 6.07) is 11.6. The van der Waals surface area contributed by atoms with E-state index in [0.717, 1.165) is 6.42 Å². The molecule has 0 radical (unpaired) electrons. The number of hydrogen-bond donors (Lipinski definition) is 1. The first-order valence-electron chi connectivity index (χ1n) is 4.67. The summed E-state index contributed by atoms with van der Waals surface area (Å²) in [6.07, 6.45) is 1.09. The van der Waals surface area contributed by atoms with Crippen LogP contribution >= 0.6 is 11.3 Å². The highest BCUT2D eigenvalue weighted by Crippen LogP contribution is 2.29. The van der Waals surface area contributed by atoms with Crippen LogP contribution in [-0.2, 0) is 6.42 Å². The molecular weight excluding hydrogens is 192 g/mol. The molecule has 0 bridgehead atoms. The van der Waals surface area contributed by atoms with Gasteiger partial charge in [0.2, 0.25) is 0 Å². The summed E-state index contributed by atoms with van der Waals surface area (Å²) in [5.74, 6) is 0.320. The quantitative estimate of drug-likeness (QED) is 0.791. The molecule has 1 N–H and O–H groups in total. The lowest BCUT2D eigenvalue weighted by Gasteiger charge is -1.96. The second-order valence-corrected chi connectivity index (χ2v) is 4.33. The van der Waals surface area contributed by atoms with E-state index in [2.05, 4.69) is 19.1 Å². The Morgan fingerprint density at radius 1 is 1.07 bits per heavy atom. The van der Waals surface area contributed by atoms with Gasteiger partial charge in [-0.05, 0) is 48.4 Å². The van der Waals surface area contributed by atoms with Crippen molar-refractivity contribution in [1.82, 2.24) is 0 Å². The molecule has 0 spiro atoms. The molecule has 72 valence electrons. The van der Waals surface area contributed by atoms with E-state index >= 15 is 0 Å². The molecule has 1 aromatic heterocycles. The van der Waals surface area contributed by atoms with Gasteiger partial charge in [0, 0.05) is 9.75 Å². The molecule has 0 unspecified atom stereocenters. The third-order valence-corrected chi connectivity index (χ3v) is 3.44. The lowest BCUT2D eigenvalue weighted by Crippen LogP contribution is -1.70. The number of benzene rings is 1. The van der Waals surface area contributed by atoms with E-state index in [1.807, 2.05) is 23.5 Å². The fourth-order valence-corrected chi connectivity index (χ4v) is 2.30. The zero-order chi connectivity index (χ0) is 9.97. The zero-order valence-corrected chi connectivity index (χ0v) is 8.84. The van der Waals surface area contributed by atoms with Crippen molar-refractivity contribution in [1.29, 1.82) is 0 Å². The highest BCUT2D eigenvalue weighted by molar-refractivity contribution is 7.15. The summed E-state index contributed by atoms with van der Waals surface area (Å²) in [5.41, 5.74) is 1.17. The molecule has 0 atom stereocenters. The van der Waals surface area contributed by atoms with Gasteiger partial charge in [-0.2, -0.15) is 0 Å². The van der Waals surface area contributed by atoms with Gasteiger partial charge >= 0.3 is 0 Å². The second kappa shape index (κ2) is 3.84. The van der Waals surface area contributed by atoms with E-state index in [-0.39, 0.29) is 0 Å². The van der Waals surface area contributed by atoms with Crippen LogP contribution in [0, 0.1) is 0 Å². The van der Waals surface area contributed by atoms with Crippen molar-refractivity contribution in [2.75, 3.05) is 0 Å². The predicted octanol–water partition coefficient (Wildman–Crippen LogP) is 3.68. The summed E-state index contributed by atoms with van der Waals surface area (Å²) in [7, 11) is 0. The van der Waals surface area contributed by atoms with Crippen molar-refractivity contribution in [2.24, 2.45) is 0 Å². The molecule has 2 aromatic rings. The first-order valence-corrected chi connectivity index (χ1v) is 5.49. The van der Waals surface area contributed by atoms with Crippen LogP contribution in [0.4, 0.5) is 0 Å². The summed E-state index contributed by atoms with van der Waals surface area (Å²) < 4.78 is 0. The molecule has 1 aromatic carbocycles. The molecular formula is C12H12OS. The van der Waals surface area contributed by atoms with Gasteiger partial charge < -0.3 is 5.11 Å². The van der Waals surface area contributed by atoms with Gasteiger partial charge in [-0.3, -0.25) is 0 Å². The van der Waals surface area contributed by atoms with Crippen LogP contribution in [0.5, 0.6) is 5.75 Å². The van der Waals surface area contributed by atoms with Gasteiger partial charge in [0.25, 0.3) is 0 Å². The van der Waals surface area contributed by atoms with Crippen molar-refractivity contribution >= 4 is 11.3 Å². The van der Waals surface area contributed by atoms with Crippen molar-refractivity contribution in [3.05, 3.63) is 41.3 Å². The standard InChI is InChI=1S/C12H12OS/c1-2-11-7-8-12(14-11)9-3-5-10(13)6-4-9/h3-8,13H,2H2,1H3. The smallest absolute Gasteiger partial charge is 0.115 e. The maximum absolute atomic E-state index is 9.16. The Morgan fingerprint density at radius 2 is 1.79 bits per heavy atom. The van der Waals surface area contributed by atoms with Crippen molar-refractivity contribution in [2.45, 2.75) is 13.3 Å². The normalized spacial score (nSPS) is 10.4. The van der Waals surface area contributed by atoms with E-state index in [1.54, 1.807) is 12.1 Å². The largest absolute Gasteiger partial charge is 0.508 e. The molecule has 0 fully saturated rings. The molecule has 2 rings (SSSR count). The van der Waals surface area contributed by atoms with Gasteiger partial charge in [0.05, 0.1) is 0 Å². The topological polar surface area (TPSA) is 20.2 Å². The molecule has 0 aliphatic heterocycles. The third-order valence-electron chi connectivity index (χ3n) is 2.16. The first kappa shape index (κ1) is 9.28. The van der Waals surface area contributed by atoms with Gasteiger partial charge in [0.1, 0.15) is 5.75 Å². The lowest BCUT2D eigenvalue weighted by molar-refractivity contribution is 0.475. The lowest BCUT2D eigenvalue weighted by atomic mass is 10.2. The van der Waals surface area contributed by atoms with Crippen molar-refractivity contribution in [3.63, 3.8) is 0 Å². The Hall–Kier alpha value is -1.28. The fourth-order valence-electron chi connectivity index (χ4n) is 1.35. The monoisotopic (exact) mass is 204 g/mol. The maximum Gasteiger partial charge on any atom is 0.115 e. The number of hydrogen-bond acceptors (Lipinski definition) is 2. The fraction of sp³-hybridized carbons (Fsp3) is 0.167. The zero-order valence-electron chi connectivity index (χ0n) is 8.03. The molecule has 0 aliphatic rings. The highest BCUT2D eigenvalue weighted by Gasteiger charge is 2.01. The molecule has 1 heterocycles. The highest BCUT2D eigenvalue weighted by atomic mass is 32.1. The van der Waals surface area contributed by atoms with Crippen LogP contribution in [-0.4, -0.2) is 5.11 Å². The predicted molar refractivity (Wildman–Crippen MR) is 60.8 cm³/mol. The number of phenols is 1. The minimum atomic E-state index is 0.320. The van der Waals surface area contributed by atoms with Crippen LogP contribution in [0.2, 0.25) is 0 Å². The molecule has 14 heavy (non-hydrogen) atoms. The summed E-state index contributed by atoms with van der Waals surface area (Å²) >= 11 is 1.81. The Labute approximate surface area is 87.7 Å². The van der Waals surface area contributed by atoms with Crippen LogP contribution in [0.1, 0.15) is 11.8 Å². The summed E-state index contributed by atoms with van der Waals surface area (Å²) in [5, 5.41) is 9.16. The summed E-state index contributed by atoms with van der Waals surface area (Å²) in [6.45, 7) is 2.16. The number of aryl methyl sites for hydroxylation is 1. The van der Waals surface area contributed by atoms with Crippen LogP contribution in [0.3, 0.4) is 0 Å². The number of phenolic OH excluding ortho intramolecular Hbond substituents is 1. The molecule has 0 saturated carbocycles. The minimum Gasteiger partial charge on any atom is -0.508 e. The Morgan fingerprint density at radius 3 is 2.36 bits per heavy atom. The first-order chi connectivity index (χ1) is 6.79. The van der Waals surface area contributed by atoms with E-state index in [1.165, 1.54) is 15.3 Å². The Balaban J connectivity index is 2.34. The van der Waals surface area contributed by atoms with E-state index in [4.69, 9.17) is 5.11 Å². The Kier molecular flexibility index (Phi) is 2.55. The van der Waals surface area contributed by atoms with Crippen molar-refractivity contribution in [3.8, 4) is 16.2 Å². The molecule has 0 amide bonds. The van der Waals surface area contributed by atoms with E-state index in [0.29, 0.717) is 5.75 Å². The van der Waals surface area contributed by atoms with Crippen LogP contribution in [0.25, 0.3) is 10.4 Å². The Bertz CT molecular complexity index is 414. The van der Waals surface area contributed by atoms with E-state index in [9.17, 15) is 0 Å². The maximum atomic E-state index is 9.16.